The third-order valence-corrected chi connectivity index (χ3v) is 2.62. The van der Waals surface area contributed by atoms with E-state index < -0.39 is 11.6 Å². The van der Waals surface area contributed by atoms with Crippen LogP contribution in [0.2, 0.25) is 0 Å². The molecule has 0 radical (unpaired) electrons. The molecule has 0 heterocycles. The molecule has 0 aromatic heterocycles. The van der Waals surface area contributed by atoms with Gasteiger partial charge in [-0.15, -0.1) is 0 Å². The van der Waals surface area contributed by atoms with Crippen molar-refractivity contribution in [3.63, 3.8) is 0 Å². The van der Waals surface area contributed by atoms with Gasteiger partial charge in [0.15, 0.2) is 5.78 Å². The maximum absolute atomic E-state index is 13.5. The fourth-order valence-electron chi connectivity index (χ4n) is 1.34. The van der Waals surface area contributed by atoms with Crippen molar-refractivity contribution in [1.29, 1.82) is 0 Å². The zero-order valence-corrected chi connectivity index (χ0v) is 10.6. The molecule has 5 heteroatoms. The predicted octanol–water partition coefficient (Wildman–Crippen LogP) is 2.40. The lowest BCUT2D eigenvalue weighted by molar-refractivity contribution is -0.119. The number of benzene rings is 1. The zero-order valence-electron chi connectivity index (χ0n) is 9.06. The van der Waals surface area contributed by atoms with Crippen molar-refractivity contribution >= 4 is 21.7 Å². The molecular formula is C11H12BrF2NO. The lowest BCUT2D eigenvalue weighted by Crippen LogP contribution is -2.23. The van der Waals surface area contributed by atoms with Crippen molar-refractivity contribution in [2.45, 2.75) is 6.42 Å². The molecule has 0 atom stereocenters. The van der Waals surface area contributed by atoms with Gasteiger partial charge in [0.25, 0.3) is 0 Å². The normalized spacial score (nSPS) is 10.9. The van der Waals surface area contributed by atoms with Crippen molar-refractivity contribution in [3.8, 4) is 0 Å². The van der Waals surface area contributed by atoms with Crippen molar-refractivity contribution in [1.82, 2.24) is 4.90 Å². The summed E-state index contributed by atoms with van der Waals surface area (Å²) in [5.41, 5.74) is -0.179. The van der Waals surface area contributed by atoms with Gasteiger partial charge in [-0.1, -0.05) is 0 Å². The minimum absolute atomic E-state index is 0.168. The van der Waals surface area contributed by atoms with Crippen LogP contribution in [0.3, 0.4) is 0 Å². The first-order chi connectivity index (χ1) is 7.41. The van der Waals surface area contributed by atoms with Crippen molar-refractivity contribution in [2.75, 3.05) is 20.6 Å². The standard InChI is InChI=1S/C11H12BrF2NO/c1-15(2)6-7(16)5-8-10(13)4-3-9(12)11(8)14/h3-4H,5-6H2,1-2H3. The van der Waals surface area contributed by atoms with E-state index in [4.69, 9.17) is 0 Å². The van der Waals surface area contributed by atoms with Crippen LogP contribution in [0.1, 0.15) is 5.56 Å². The molecular weight excluding hydrogens is 280 g/mol. The molecule has 1 rings (SSSR count). The molecule has 0 saturated carbocycles. The highest BCUT2D eigenvalue weighted by Crippen LogP contribution is 2.22. The summed E-state index contributed by atoms with van der Waals surface area (Å²) in [6.07, 6.45) is -0.227. The van der Waals surface area contributed by atoms with Gasteiger partial charge < -0.3 is 4.90 Å². The van der Waals surface area contributed by atoms with E-state index in [9.17, 15) is 13.6 Å². The van der Waals surface area contributed by atoms with E-state index in [-0.39, 0.29) is 28.8 Å². The smallest absolute Gasteiger partial charge is 0.151 e. The Morgan fingerprint density at radius 3 is 2.56 bits per heavy atom. The second kappa shape index (κ2) is 5.50. The summed E-state index contributed by atoms with van der Waals surface area (Å²) >= 11 is 2.96. The Morgan fingerprint density at radius 1 is 1.38 bits per heavy atom. The summed E-state index contributed by atoms with van der Waals surface area (Å²) in [5, 5.41) is 0. The Labute approximate surface area is 101 Å². The maximum Gasteiger partial charge on any atom is 0.151 e. The minimum atomic E-state index is -0.702. The molecule has 16 heavy (non-hydrogen) atoms. The fraction of sp³-hybridized carbons (Fsp3) is 0.364. The molecule has 88 valence electrons. The van der Waals surface area contributed by atoms with E-state index in [1.165, 1.54) is 6.07 Å². The van der Waals surface area contributed by atoms with E-state index in [1.54, 1.807) is 19.0 Å². The van der Waals surface area contributed by atoms with Gasteiger partial charge in [-0.25, -0.2) is 8.78 Å². The number of ketones is 1. The van der Waals surface area contributed by atoms with E-state index in [1.807, 2.05) is 0 Å². The summed E-state index contributed by atoms with van der Waals surface area (Å²) in [5.74, 6) is -1.61. The van der Waals surface area contributed by atoms with Gasteiger partial charge in [-0.2, -0.15) is 0 Å². The topological polar surface area (TPSA) is 20.3 Å². The van der Waals surface area contributed by atoms with Gasteiger partial charge in [-0.05, 0) is 42.2 Å². The molecule has 2 nitrogen and oxygen atoms in total. The van der Waals surface area contributed by atoms with E-state index in [0.717, 1.165) is 6.07 Å². The highest BCUT2D eigenvalue weighted by atomic mass is 79.9. The third kappa shape index (κ3) is 3.35. The quantitative estimate of drug-likeness (QED) is 0.794. The van der Waals surface area contributed by atoms with Crippen molar-refractivity contribution in [2.24, 2.45) is 0 Å². The van der Waals surface area contributed by atoms with E-state index >= 15 is 0 Å². The minimum Gasteiger partial charge on any atom is -0.302 e. The van der Waals surface area contributed by atoms with E-state index in [2.05, 4.69) is 15.9 Å². The Hall–Kier alpha value is -0.810. The van der Waals surface area contributed by atoms with Crippen LogP contribution in [0, 0.1) is 11.6 Å². The van der Waals surface area contributed by atoms with Crippen LogP contribution in [0.25, 0.3) is 0 Å². The molecule has 0 aliphatic rings. The highest BCUT2D eigenvalue weighted by Gasteiger charge is 2.15. The average molecular weight is 292 g/mol. The molecule has 1 aromatic carbocycles. The lowest BCUT2D eigenvalue weighted by Gasteiger charge is -2.09. The maximum atomic E-state index is 13.5. The van der Waals surface area contributed by atoms with Crippen LogP contribution in [0.4, 0.5) is 8.78 Å². The molecule has 0 aliphatic carbocycles. The van der Waals surface area contributed by atoms with Gasteiger partial charge >= 0.3 is 0 Å². The Bertz CT molecular complexity index is 407. The zero-order chi connectivity index (χ0) is 12.3. The molecule has 0 unspecified atom stereocenters. The Morgan fingerprint density at radius 2 is 2.00 bits per heavy atom. The second-order valence-corrected chi connectivity index (χ2v) is 4.63. The van der Waals surface area contributed by atoms with Crippen molar-refractivity contribution < 1.29 is 13.6 Å². The number of rotatable bonds is 4. The number of carbonyl (C=O) groups excluding carboxylic acids is 1. The van der Waals surface area contributed by atoms with Gasteiger partial charge in [-0.3, -0.25) is 4.79 Å². The second-order valence-electron chi connectivity index (χ2n) is 3.77. The van der Waals surface area contributed by atoms with Gasteiger partial charge in [0, 0.05) is 12.0 Å². The molecule has 0 saturated heterocycles. The number of Topliss-reactive ketones (excluding diaryl/α,β-unsaturated/α-hetero) is 1. The van der Waals surface area contributed by atoms with Crippen LogP contribution >= 0.6 is 15.9 Å². The first-order valence-corrected chi connectivity index (χ1v) is 5.50. The highest BCUT2D eigenvalue weighted by molar-refractivity contribution is 9.10. The van der Waals surface area contributed by atoms with Crippen LogP contribution in [-0.2, 0) is 11.2 Å². The molecule has 0 N–H and O–H groups in total. The molecule has 1 aromatic rings. The molecule has 0 fully saturated rings. The summed E-state index contributed by atoms with van der Waals surface area (Å²) in [4.78, 5) is 13.1. The number of likely N-dealkylation sites (N-methyl/N-ethyl adjacent to an activating group) is 1. The molecule has 0 amide bonds. The molecule has 0 spiro atoms. The Kier molecular flexibility index (Phi) is 4.56. The number of hydrogen-bond acceptors (Lipinski definition) is 2. The Balaban J connectivity index is 2.88. The summed E-state index contributed by atoms with van der Waals surface area (Å²) in [6, 6.07) is 2.43. The third-order valence-electron chi connectivity index (χ3n) is 2.01. The fourth-order valence-corrected chi connectivity index (χ4v) is 1.71. The predicted molar refractivity (Wildman–Crippen MR) is 61.3 cm³/mol. The summed E-state index contributed by atoms with van der Waals surface area (Å²) < 4.78 is 27.0. The number of nitrogens with zero attached hydrogens (tertiary/aromatic N) is 1. The average Bonchev–Trinajstić information content (AvgIpc) is 2.17. The van der Waals surface area contributed by atoms with Crippen LogP contribution in [-0.4, -0.2) is 31.3 Å². The monoisotopic (exact) mass is 291 g/mol. The van der Waals surface area contributed by atoms with Crippen LogP contribution in [0.15, 0.2) is 16.6 Å². The van der Waals surface area contributed by atoms with Crippen LogP contribution < -0.4 is 0 Å². The van der Waals surface area contributed by atoms with Gasteiger partial charge in [0.1, 0.15) is 11.6 Å². The largest absolute Gasteiger partial charge is 0.302 e. The lowest BCUT2D eigenvalue weighted by atomic mass is 10.1. The summed E-state index contributed by atoms with van der Waals surface area (Å²) in [7, 11) is 3.46. The van der Waals surface area contributed by atoms with Crippen LogP contribution in [0.5, 0.6) is 0 Å². The summed E-state index contributed by atoms with van der Waals surface area (Å²) in [6.45, 7) is 0.172. The van der Waals surface area contributed by atoms with Gasteiger partial charge in [0.2, 0.25) is 0 Å². The first-order valence-electron chi connectivity index (χ1n) is 4.70. The number of halogens is 3. The first kappa shape index (κ1) is 13.3. The molecule has 0 bridgehead atoms. The van der Waals surface area contributed by atoms with E-state index in [0.29, 0.717) is 0 Å². The number of hydrogen-bond donors (Lipinski definition) is 0. The van der Waals surface area contributed by atoms with Gasteiger partial charge in [0.05, 0.1) is 11.0 Å². The van der Waals surface area contributed by atoms with Crippen molar-refractivity contribution in [3.05, 3.63) is 33.8 Å². The SMILES string of the molecule is CN(C)CC(=O)Cc1c(F)ccc(Br)c1F. The molecule has 0 aliphatic heterocycles. The number of carbonyl (C=O) groups is 1.